The molecule has 0 bridgehead atoms. The van der Waals surface area contributed by atoms with Crippen LogP contribution in [0.25, 0.3) is 0 Å². The Bertz CT molecular complexity index is 1180. The molecule has 0 saturated heterocycles. The van der Waals surface area contributed by atoms with Gasteiger partial charge in [-0.3, -0.25) is 14.4 Å². The summed E-state index contributed by atoms with van der Waals surface area (Å²) in [6.45, 7) is 6.37. The van der Waals surface area contributed by atoms with Gasteiger partial charge in [0.15, 0.2) is 6.10 Å². The largest absolute Gasteiger partial charge is 0.462 e. The smallest absolute Gasteiger partial charge is 0.310 e. The van der Waals surface area contributed by atoms with Crippen molar-refractivity contribution in [3.63, 3.8) is 0 Å². The van der Waals surface area contributed by atoms with E-state index in [4.69, 9.17) is 14.2 Å². The van der Waals surface area contributed by atoms with E-state index in [1.807, 2.05) is 6.08 Å². The van der Waals surface area contributed by atoms with Crippen LogP contribution in [0.2, 0.25) is 0 Å². The van der Waals surface area contributed by atoms with Crippen molar-refractivity contribution in [1.29, 1.82) is 0 Å². The topological polar surface area (TPSA) is 78.9 Å². The summed E-state index contributed by atoms with van der Waals surface area (Å²) in [6.07, 6.45) is 67.3. The van der Waals surface area contributed by atoms with E-state index < -0.39 is 12.1 Å². The molecule has 1 unspecified atom stereocenters. The van der Waals surface area contributed by atoms with E-state index in [0.29, 0.717) is 12.8 Å². The third kappa shape index (κ3) is 51.9. The van der Waals surface area contributed by atoms with Crippen LogP contribution in [0.5, 0.6) is 0 Å². The van der Waals surface area contributed by atoms with Crippen molar-refractivity contribution in [2.45, 2.75) is 284 Å². The van der Waals surface area contributed by atoms with Crippen molar-refractivity contribution in [3.05, 3.63) is 60.8 Å². The van der Waals surface area contributed by atoms with Crippen molar-refractivity contribution >= 4 is 17.9 Å². The fourth-order valence-corrected chi connectivity index (χ4v) is 7.93. The van der Waals surface area contributed by atoms with E-state index in [1.165, 1.54) is 154 Å². The van der Waals surface area contributed by atoms with Gasteiger partial charge in [0.1, 0.15) is 13.2 Å². The first-order chi connectivity index (χ1) is 32.0. The molecule has 0 fully saturated rings. The number of unbranched alkanes of at least 4 members (excludes halogenated alkanes) is 30. The quantitative estimate of drug-likeness (QED) is 0.0262. The van der Waals surface area contributed by atoms with Gasteiger partial charge < -0.3 is 14.2 Å². The number of allylic oxidation sites excluding steroid dienone is 9. The summed E-state index contributed by atoms with van der Waals surface area (Å²) in [5, 5.41) is 0. The highest BCUT2D eigenvalue weighted by atomic mass is 16.6. The third-order valence-corrected chi connectivity index (χ3v) is 12.1. The van der Waals surface area contributed by atoms with E-state index in [1.54, 1.807) is 6.08 Å². The van der Waals surface area contributed by atoms with Gasteiger partial charge >= 0.3 is 17.9 Å². The first-order valence-electron chi connectivity index (χ1n) is 27.8. The van der Waals surface area contributed by atoms with E-state index in [-0.39, 0.29) is 31.6 Å². The lowest BCUT2D eigenvalue weighted by molar-refractivity contribution is -0.166. The van der Waals surface area contributed by atoms with Crippen molar-refractivity contribution in [2.75, 3.05) is 13.2 Å². The lowest BCUT2D eigenvalue weighted by atomic mass is 10.0. The van der Waals surface area contributed by atoms with Crippen LogP contribution in [0.4, 0.5) is 0 Å². The van der Waals surface area contributed by atoms with Gasteiger partial charge in [-0.2, -0.15) is 0 Å². The predicted molar refractivity (Wildman–Crippen MR) is 279 cm³/mol. The molecule has 0 spiro atoms. The van der Waals surface area contributed by atoms with Gasteiger partial charge in [-0.1, -0.05) is 274 Å². The van der Waals surface area contributed by atoms with E-state index in [2.05, 4.69) is 69.4 Å². The van der Waals surface area contributed by atoms with Crippen LogP contribution in [0.3, 0.4) is 0 Å². The van der Waals surface area contributed by atoms with Gasteiger partial charge in [0.05, 0.1) is 6.42 Å². The molecule has 6 nitrogen and oxygen atoms in total. The summed E-state index contributed by atoms with van der Waals surface area (Å²) in [6, 6.07) is 0. The second-order valence-corrected chi connectivity index (χ2v) is 18.5. The minimum Gasteiger partial charge on any atom is -0.462 e. The molecule has 0 aliphatic rings. The molecule has 0 heterocycles. The fourth-order valence-electron chi connectivity index (χ4n) is 7.93. The number of hydrogen-bond acceptors (Lipinski definition) is 6. The van der Waals surface area contributed by atoms with Gasteiger partial charge in [0.25, 0.3) is 0 Å². The second-order valence-electron chi connectivity index (χ2n) is 18.5. The Balaban J connectivity index is 4.06. The Morgan fingerprint density at radius 1 is 0.323 bits per heavy atom. The van der Waals surface area contributed by atoms with Crippen molar-refractivity contribution in [3.8, 4) is 0 Å². The Labute approximate surface area is 402 Å². The maximum Gasteiger partial charge on any atom is 0.310 e. The van der Waals surface area contributed by atoms with Crippen LogP contribution in [0, 0.1) is 0 Å². The SMILES string of the molecule is CC/C=C\C/C=C\C/C=C\C/C=C\C/C=C\CC(=O)OC(COC(=O)CCCCCCC)COC(=O)CCCCCCCCCCCCCCCCCCCCCCCCCCCCC. The van der Waals surface area contributed by atoms with Gasteiger partial charge in [0, 0.05) is 12.8 Å². The summed E-state index contributed by atoms with van der Waals surface area (Å²) < 4.78 is 16.6. The van der Waals surface area contributed by atoms with Crippen LogP contribution >= 0.6 is 0 Å². The van der Waals surface area contributed by atoms with E-state index in [9.17, 15) is 14.4 Å². The number of rotatable bonds is 50. The van der Waals surface area contributed by atoms with Gasteiger partial charge in [-0.25, -0.2) is 0 Å². The zero-order valence-corrected chi connectivity index (χ0v) is 43.0. The van der Waals surface area contributed by atoms with Gasteiger partial charge in [-0.05, 0) is 44.9 Å². The zero-order valence-electron chi connectivity index (χ0n) is 43.0. The first kappa shape index (κ1) is 62.1. The minimum absolute atomic E-state index is 0.100. The predicted octanol–water partition coefficient (Wildman–Crippen LogP) is 18.4. The molecule has 0 radical (unpaired) electrons. The van der Waals surface area contributed by atoms with E-state index >= 15 is 0 Å². The number of hydrogen-bond donors (Lipinski definition) is 0. The highest BCUT2D eigenvalue weighted by molar-refractivity contribution is 5.72. The van der Waals surface area contributed by atoms with Gasteiger partial charge in [-0.15, -0.1) is 0 Å². The maximum absolute atomic E-state index is 12.7. The molecule has 0 saturated carbocycles. The molecule has 376 valence electrons. The molecule has 0 aliphatic carbocycles. The van der Waals surface area contributed by atoms with Crippen LogP contribution in [-0.4, -0.2) is 37.2 Å². The average Bonchev–Trinajstić information content (AvgIpc) is 3.30. The molecule has 0 aromatic heterocycles. The Morgan fingerprint density at radius 3 is 0.877 bits per heavy atom. The highest BCUT2D eigenvalue weighted by Gasteiger charge is 2.19. The molecule has 0 amide bonds. The molecule has 0 aromatic rings. The van der Waals surface area contributed by atoms with Gasteiger partial charge in [0.2, 0.25) is 0 Å². The van der Waals surface area contributed by atoms with Crippen molar-refractivity contribution in [2.24, 2.45) is 0 Å². The summed E-state index contributed by atoms with van der Waals surface area (Å²) in [4.78, 5) is 37.6. The molecular weight excluding hydrogens is 805 g/mol. The van der Waals surface area contributed by atoms with Crippen LogP contribution in [0.1, 0.15) is 278 Å². The lowest BCUT2D eigenvalue weighted by Gasteiger charge is -2.18. The molecule has 0 N–H and O–H groups in total. The second kappa shape index (κ2) is 53.7. The summed E-state index contributed by atoms with van der Waals surface area (Å²) in [7, 11) is 0. The monoisotopic (exact) mass is 909 g/mol. The first-order valence-corrected chi connectivity index (χ1v) is 27.8. The molecule has 6 heteroatoms. The van der Waals surface area contributed by atoms with Crippen LogP contribution < -0.4 is 0 Å². The third-order valence-electron chi connectivity index (χ3n) is 12.1. The van der Waals surface area contributed by atoms with Crippen molar-refractivity contribution in [1.82, 2.24) is 0 Å². The fraction of sp³-hybridized carbons (Fsp3) is 0.780. The molecule has 0 aliphatic heterocycles. The molecule has 1 atom stereocenters. The summed E-state index contributed by atoms with van der Waals surface area (Å²) in [5.41, 5.74) is 0. The van der Waals surface area contributed by atoms with Crippen LogP contribution in [0.15, 0.2) is 60.8 Å². The number of carbonyl (C=O) groups excluding carboxylic acids is 3. The van der Waals surface area contributed by atoms with E-state index in [0.717, 1.165) is 83.5 Å². The molecule has 65 heavy (non-hydrogen) atoms. The minimum atomic E-state index is -0.822. The standard InChI is InChI=1S/C59H104O6/c1-4-7-10-13-15-17-19-21-23-24-25-26-27-28-29-30-31-32-33-34-36-37-39-41-43-46-49-52-58(61)64-55-56(54-63-57(60)51-48-45-12-9-6-3)65-59(62)53-50-47-44-42-40-38-35-22-20-18-16-14-11-8-5-2/h8,11,16,18,22,35,40,42,47,50,56H,4-7,9-10,12-15,17,19-21,23-34,36-39,41,43-46,48-49,51-55H2,1-3H3/b11-8-,18-16-,35-22-,42-40-,50-47-. The lowest BCUT2D eigenvalue weighted by Crippen LogP contribution is -2.30. The zero-order chi connectivity index (χ0) is 47.2. The average molecular weight is 909 g/mol. The summed E-state index contributed by atoms with van der Waals surface area (Å²) in [5.74, 6) is -1.05. The molecule has 0 aromatic carbocycles. The van der Waals surface area contributed by atoms with Crippen LogP contribution in [-0.2, 0) is 28.6 Å². The summed E-state index contributed by atoms with van der Waals surface area (Å²) >= 11 is 0. The normalized spacial score (nSPS) is 12.5. The number of ether oxygens (including phenoxy) is 3. The molecular formula is C59H104O6. The van der Waals surface area contributed by atoms with Crippen molar-refractivity contribution < 1.29 is 28.6 Å². The number of esters is 3. The Morgan fingerprint density at radius 2 is 0.585 bits per heavy atom. The Kier molecular flexibility index (Phi) is 51.3. The highest BCUT2D eigenvalue weighted by Crippen LogP contribution is 2.17. The molecule has 0 rings (SSSR count). The number of carbonyl (C=O) groups is 3. The Hall–Kier alpha value is -2.89. The maximum atomic E-state index is 12.7.